The largest absolute Gasteiger partial charge is 0.466 e. The van der Waals surface area contributed by atoms with Gasteiger partial charge in [0.05, 0.1) is 6.26 Å². The third-order valence-corrected chi connectivity index (χ3v) is 7.78. The Hall–Kier alpha value is -5.54. The number of rotatable bonds is 9. The first kappa shape index (κ1) is 28.6. The lowest BCUT2D eigenvalue weighted by Gasteiger charge is -2.26. The summed E-state index contributed by atoms with van der Waals surface area (Å²) in [6.45, 7) is 10.0. The lowest BCUT2D eigenvalue weighted by molar-refractivity contribution is 0.483. The summed E-state index contributed by atoms with van der Waals surface area (Å²) in [5, 5.41) is 0. The molecule has 6 rings (SSSR count). The summed E-state index contributed by atoms with van der Waals surface area (Å²) in [5.41, 5.74) is 12.7. The van der Waals surface area contributed by atoms with Crippen molar-refractivity contribution in [2.75, 3.05) is 9.80 Å². The fraction of sp³-hybridized carbons (Fsp3) is 0.0732. The molecule has 0 heterocycles. The average Bonchev–Trinajstić information content (AvgIpc) is 3.06. The summed E-state index contributed by atoms with van der Waals surface area (Å²) in [6, 6.07) is 51.6. The van der Waals surface area contributed by atoms with Crippen molar-refractivity contribution < 1.29 is 4.74 Å². The molecule has 0 aliphatic heterocycles. The molecule has 6 aromatic rings. The highest BCUT2D eigenvalue weighted by Crippen LogP contribution is 2.38. The number of benzene rings is 6. The summed E-state index contributed by atoms with van der Waals surface area (Å²) in [6.07, 6.45) is 1.44. The van der Waals surface area contributed by atoms with Gasteiger partial charge < -0.3 is 14.5 Å². The van der Waals surface area contributed by atoms with E-state index in [1.165, 1.54) is 28.5 Å². The van der Waals surface area contributed by atoms with Gasteiger partial charge in [-0.25, -0.2) is 0 Å². The van der Waals surface area contributed by atoms with Gasteiger partial charge >= 0.3 is 0 Å². The SMILES string of the molecule is C=COc1ccc(N(c2ccc(C)cc2)c2ccc(-c3ccc(N(c4ccc(C)cc4)c4ccc(C)cc4)cc3)cc2)cc1. The number of hydrogen-bond donors (Lipinski definition) is 0. The molecule has 3 nitrogen and oxygen atoms in total. The van der Waals surface area contributed by atoms with Crippen LogP contribution >= 0.6 is 0 Å². The fourth-order valence-electron chi connectivity index (χ4n) is 5.35. The third-order valence-electron chi connectivity index (χ3n) is 7.78. The minimum absolute atomic E-state index is 0.759. The molecule has 0 bridgehead atoms. The third kappa shape index (κ3) is 6.28. The van der Waals surface area contributed by atoms with Gasteiger partial charge in [0.1, 0.15) is 5.75 Å². The van der Waals surface area contributed by atoms with Crippen LogP contribution < -0.4 is 14.5 Å². The highest BCUT2D eigenvalue weighted by atomic mass is 16.5. The second-order valence-corrected chi connectivity index (χ2v) is 11.0. The molecule has 44 heavy (non-hydrogen) atoms. The van der Waals surface area contributed by atoms with Gasteiger partial charge in [0.2, 0.25) is 0 Å². The fourth-order valence-corrected chi connectivity index (χ4v) is 5.35. The van der Waals surface area contributed by atoms with Crippen molar-refractivity contribution >= 4 is 34.1 Å². The number of aryl methyl sites for hydroxylation is 3. The Balaban J connectivity index is 1.31. The highest BCUT2D eigenvalue weighted by Gasteiger charge is 2.15. The molecule has 0 N–H and O–H groups in total. The zero-order valence-corrected chi connectivity index (χ0v) is 25.4. The van der Waals surface area contributed by atoms with Crippen LogP contribution in [0.4, 0.5) is 34.1 Å². The van der Waals surface area contributed by atoms with Gasteiger partial charge in [-0.3, -0.25) is 0 Å². The summed E-state index contributed by atoms with van der Waals surface area (Å²) < 4.78 is 5.46. The van der Waals surface area contributed by atoms with E-state index in [4.69, 9.17) is 4.74 Å². The Morgan fingerprint density at radius 1 is 0.386 bits per heavy atom. The van der Waals surface area contributed by atoms with Crippen molar-refractivity contribution in [1.29, 1.82) is 0 Å². The molecule has 0 atom stereocenters. The molecular formula is C41H36N2O. The predicted molar refractivity (Wildman–Crippen MR) is 186 cm³/mol. The van der Waals surface area contributed by atoms with E-state index in [1.54, 1.807) is 0 Å². The van der Waals surface area contributed by atoms with Gasteiger partial charge in [0.25, 0.3) is 0 Å². The Bertz CT molecular complexity index is 1780. The Labute approximate surface area is 260 Å². The molecule has 0 saturated heterocycles. The van der Waals surface area contributed by atoms with Gasteiger partial charge in [-0.2, -0.15) is 0 Å². The van der Waals surface area contributed by atoms with Crippen LogP contribution in [-0.2, 0) is 0 Å². The molecule has 0 fully saturated rings. The van der Waals surface area contributed by atoms with E-state index in [0.717, 1.165) is 45.4 Å². The van der Waals surface area contributed by atoms with Gasteiger partial charge in [-0.15, -0.1) is 0 Å². The zero-order valence-electron chi connectivity index (χ0n) is 25.4. The smallest absolute Gasteiger partial charge is 0.126 e. The van der Waals surface area contributed by atoms with Crippen LogP contribution in [0.5, 0.6) is 5.75 Å². The van der Waals surface area contributed by atoms with E-state index < -0.39 is 0 Å². The van der Waals surface area contributed by atoms with Crippen LogP contribution in [0.2, 0.25) is 0 Å². The predicted octanol–water partition coefficient (Wildman–Crippen LogP) is 11.7. The van der Waals surface area contributed by atoms with Crippen molar-refractivity contribution in [1.82, 2.24) is 0 Å². The topological polar surface area (TPSA) is 15.7 Å². The molecule has 0 unspecified atom stereocenters. The standard InChI is InChI=1S/C41H36N2O/c1-5-44-41-28-26-40(27-29-41)43(37-20-10-32(4)11-21-37)39-24-14-34(15-25-39)33-12-22-38(23-13-33)42(35-16-6-30(2)7-17-35)36-18-8-31(3)9-19-36/h5-29H,1H2,2-4H3. The van der Waals surface area contributed by atoms with Crippen LogP contribution in [0.15, 0.2) is 158 Å². The Kier molecular flexibility index (Phi) is 8.29. The van der Waals surface area contributed by atoms with E-state index in [-0.39, 0.29) is 0 Å². The summed E-state index contributed by atoms with van der Waals surface area (Å²) in [5.74, 6) is 0.759. The van der Waals surface area contributed by atoms with Crippen molar-refractivity contribution in [2.24, 2.45) is 0 Å². The Morgan fingerprint density at radius 3 is 0.909 bits per heavy atom. The molecule has 6 aromatic carbocycles. The van der Waals surface area contributed by atoms with Gasteiger partial charge in [0.15, 0.2) is 0 Å². The maximum atomic E-state index is 5.46. The first-order valence-electron chi connectivity index (χ1n) is 14.9. The van der Waals surface area contributed by atoms with E-state index in [1.807, 2.05) is 12.1 Å². The van der Waals surface area contributed by atoms with Crippen molar-refractivity contribution in [3.8, 4) is 16.9 Å². The molecule has 0 saturated carbocycles. The molecule has 0 aliphatic carbocycles. The van der Waals surface area contributed by atoms with Gasteiger partial charge in [-0.05, 0) is 117 Å². The van der Waals surface area contributed by atoms with Crippen molar-refractivity contribution in [3.63, 3.8) is 0 Å². The molecule has 0 aliphatic rings. The normalized spacial score (nSPS) is 10.7. The van der Waals surface area contributed by atoms with Crippen molar-refractivity contribution in [3.05, 3.63) is 175 Å². The van der Waals surface area contributed by atoms with Crippen molar-refractivity contribution in [2.45, 2.75) is 20.8 Å². The number of nitrogens with zero attached hydrogens (tertiary/aromatic N) is 2. The maximum absolute atomic E-state index is 5.46. The average molecular weight is 573 g/mol. The molecule has 0 aromatic heterocycles. The number of anilines is 6. The molecular weight excluding hydrogens is 536 g/mol. The molecule has 0 amide bonds. The zero-order chi connectivity index (χ0) is 30.5. The van der Waals surface area contributed by atoms with Crippen LogP contribution in [0.25, 0.3) is 11.1 Å². The van der Waals surface area contributed by atoms with Crippen LogP contribution in [0.1, 0.15) is 16.7 Å². The lowest BCUT2D eigenvalue weighted by atomic mass is 10.0. The highest BCUT2D eigenvalue weighted by molar-refractivity contribution is 5.81. The number of ether oxygens (including phenoxy) is 1. The van der Waals surface area contributed by atoms with Crippen LogP contribution in [0, 0.1) is 20.8 Å². The molecule has 3 heteroatoms. The molecule has 216 valence electrons. The summed E-state index contributed by atoms with van der Waals surface area (Å²) >= 11 is 0. The van der Waals surface area contributed by atoms with E-state index in [9.17, 15) is 0 Å². The Morgan fingerprint density at radius 2 is 0.636 bits per heavy atom. The second kappa shape index (κ2) is 12.8. The van der Waals surface area contributed by atoms with E-state index in [2.05, 4.69) is 171 Å². The quantitative estimate of drug-likeness (QED) is 0.160. The number of hydrogen-bond acceptors (Lipinski definition) is 3. The lowest BCUT2D eigenvalue weighted by Crippen LogP contribution is -2.10. The van der Waals surface area contributed by atoms with E-state index >= 15 is 0 Å². The van der Waals surface area contributed by atoms with E-state index in [0.29, 0.717) is 0 Å². The second-order valence-electron chi connectivity index (χ2n) is 11.0. The summed E-state index contributed by atoms with van der Waals surface area (Å²) in [4.78, 5) is 4.56. The van der Waals surface area contributed by atoms with Gasteiger partial charge in [0, 0.05) is 34.1 Å². The minimum atomic E-state index is 0.759. The van der Waals surface area contributed by atoms with Crippen LogP contribution in [0.3, 0.4) is 0 Å². The minimum Gasteiger partial charge on any atom is -0.466 e. The first-order chi connectivity index (χ1) is 21.5. The monoisotopic (exact) mass is 572 g/mol. The summed E-state index contributed by atoms with van der Waals surface area (Å²) in [7, 11) is 0. The maximum Gasteiger partial charge on any atom is 0.126 e. The first-order valence-corrected chi connectivity index (χ1v) is 14.9. The molecule has 0 spiro atoms. The van der Waals surface area contributed by atoms with Crippen LogP contribution in [-0.4, -0.2) is 0 Å². The molecule has 0 radical (unpaired) electrons. The van der Waals surface area contributed by atoms with Gasteiger partial charge in [-0.1, -0.05) is 83.9 Å².